The van der Waals surface area contributed by atoms with E-state index >= 15 is 0 Å². The predicted molar refractivity (Wildman–Crippen MR) is 114 cm³/mol. The average Bonchev–Trinajstić information content (AvgIpc) is 3.11. The highest BCUT2D eigenvalue weighted by molar-refractivity contribution is 7.86. The monoisotopic (exact) mass is 424 g/mol. The van der Waals surface area contributed by atoms with Gasteiger partial charge in [-0.2, -0.15) is 13.7 Å². The van der Waals surface area contributed by atoms with Crippen LogP contribution in [0.3, 0.4) is 0 Å². The number of rotatable bonds is 8. The minimum Gasteiger partial charge on any atom is -0.396 e. The van der Waals surface area contributed by atoms with E-state index in [-0.39, 0.29) is 18.1 Å². The van der Waals surface area contributed by atoms with Crippen molar-refractivity contribution in [3.63, 3.8) is 0 Å². The lowest BCUT2D eigenvalue weighted by atomic mass is 10.1. The molecule has 0 bridgehead atoms. The molecule has 0 spiro atoms. The lowest BCUT2D eigenvalue weighted by molar-refractivity contribution is 0.165. The number of hydrogen-bond acceptors (Lipinski definition) is 5. The fourth-order valence-corrected chi connectivity index (χ4v) is 4.21. The van der Waals surface area contributed by atoms with Crippen LogP contribution in [0.25, 0.3) is 5.69 Å². The predicted octanol–water partition coefficient (Wildman–Crippen LogP) is 3.52. The van der Waals surface area contributed by atoms with Crippen LogP contribution >= 0.6 is 0 Å². The lowest BCUT2D eigenvalue weighted by Crippen LogP contribution is -2.21. The van der Waals surface area contributed by atoms with E-state index in [2.05, 4.69) is 6.07 Å². The van der Waals surface area contributed by atoms with Gasteiger partial charge in [0.25, 0.3) is 10.1 Å². The van der Waals surface area contributed by atoms with Gasteiger partial charge in [-0.3, -0.25) is 4.18 Å². The summed E-state index contributed by atoms with van der Waals surface area (Å²) in [6, 6.07) is 19.7. The molecule has 1 aromatic heterocycles. The Kier molecular flexibility index (Phi) is 6.73. The van der Waals surface area contributed by atoms with Crippen LogP contribution in [0.2, 0.25) is 0 Å². The van der Waals surface area contributed by atoms with Crippen molar-refractivity contribution in [3.05, 3.63) is 83.2 Å². The van der Waals surface area contributed by atoms with E-state index in [4.69, 9.17) is 9.44 Å². The Balaban J connectivity index is 1.75. The third kappa shape index (κ3) is 4.97. The van der Waals surface area contributed by atoms with E-state index in [9.17, 15) is 13.5 Å². The maximum Gasteiger partial charge on any atom is 0.296 e. The molecule has 3 rings (SSSR count). The second kappa shape index (κ2) is 9.26. The molecule has 0 aliphatic heterocycles. The average molecular weight is 425 g/mol. The van der Waals surface area contributed by atoms with Crippen LogP contribution in [0, 0.1) is 31.1 Å². The fourth-order valence-electron chi connectivity index (χ4n) is 3.24. The van der Waals surface area contributed by atoms with Crippen molar-refractivity contribution in [2.45, 2.75) is 25.2 Å². The zero-order valence-electron chi connectivity index (χ0n) is 16.9. The van der Waals surface area contributed by atoms with E-state index in [1.165, 1.54) is 12.1 Å². The van der Waals surface area contributed by atoms with Gasteiger partial charge in [-0.15, -0.1) is 0 Å². The van der Waals surface area contributed by atoms with Crippen molar-refractivity contribution in [1.82, 2.24) is 4.57 Å². The van der Waals surface area contributed by atoms with E-state index in [0.29, 0.717) is 12.0 Å². The number of aryl methyl sites for hydroxylation is 2. The van der Waals surface area contributed by atoms with Gasteiger partial charge in [0.15, 0.2) is 0 Å². The van der Waals surface area contributed by atoms with Crippen molar-refractivity contribution in [1.29, 1.82) is 5.26 Å². The molecule has 2 aromatic carbocycles. The van der Waals surface area contributed by atoms with Gasteiger partial charge in [-0.1, -0.05) is 17.7 Å². The largest absolute Gasteiger partial charge is 0.396 e. The summed E-state index contributed by atoms with van der Waals surface area (Å²) in [5.41, 5.74) is 4.36. The number of aliphatic hydroxyl groups excluding tert-OH is 1. The van der Waals surface area contributed by atoms with Crippen molar-refractivity contribution in [3.8, 4) is 11.8 Å². The quantitative estimate of drug-likeness (QED) is 0.559. The van der Waals surface area contributed by atoms with Crippen LogP contribution < -0.4 is 0 Å². The van der Waals surface area contributed by atoms with Crippen molar-refractivity contribution < 1.29 is 17.7 Å². The van der Waals surface area contributed by atoms with Crippen molar-refractivity contribution in [2.24, 2.45) is 5.92 Å². The van der Waals surface area contributed by atoms with Gasteiger partial charge in [-0.05, 0) is 68.8 Å². The number of benzene rings is 2. The Morgan fingerprint density at radius 1 is 1.03 bits per heavy atom. The Hall–Kier alpha value is -2.92. The Bertz CT molecular complexity index is 1140. The molecule has 6 nitrogen and oxygen atoms in total. The summed E-state index contributed by atoms with van der Waals surface area (Å²) < 4.78 is 32.1. The molecular formula is C23H24N2O4S. The molecule has 7 heteroatoms. The van der Waals surface area contributed by atoms with Gasteiger partial charge in [0.05, 0.1) is 23.1 Å². The molecule has 0 amide bonds. The maximum atomic E-state index is 12.4. The molecule has 30 heavy (non-hydrogen) atoms. The normalized spacial score (nSPS) is 12.5. The van der Waals surface area contributed by atoms with Crippen molar-refractivity contribution in [2.75, 3.05) is 13.2 Å². The molecule has 1 unspecified atom stereocenters. The topological polar surface area (TPSA) is 92.3 Å². The van der Waals surface area contributed by atoms with Crippen LogP contribution in [-0.2, 0) is 20.7 Å². The summed E-state index contributed by atoms with van der Waals surface area (Å²) in [7, 11) is -3.89. The minimum absolute atomic E-state index is 0.0987. The first-order valence-corrected chi connectivity index (χ1v) is 11.0. The molecule has 0 aliphatic rings. The van der Waals surface area contributed by atoms with Gasteiger partial charge in [0.2, 0.25) is 0 Å². The first-order chi connectivity index (χ1) is 14.3. The summed E-state index contributed by atoms with van der Waals surface area (Å²) in [4.78, 5) is 0.0987. The molecular weight excluding hydrogens is 400 g/mol. The minimum atomic E-state index is -3.89. The molecule has 156 valence electrons. The van der Waals surface area contributed by atoms with Crippen LogP contribution in [-0.4, -0.2) is 31.3 Å². The molecule has 0 saturated carbocycles. The van der Waals surface area contributed by atoms with E-state index < -0.39 is 16.0 Å². The number of nitriles is 1. The second-order valence-electron chi connectivity index (χ2n) is 7.26. The smallest absolute Gasteiger partial charge is 0.296 e. The van der Waals surface area contributed by atoms with Gasteiger partial charge >= 0.3 is 0 Å². The number of aliphatic hydroxyl groups is 1. The molecule has 0 fully saturated rings. The highest BCUT2D eigenvalue weighted by Gasteiger charge is 2.20. The highest BCUT2D eigenvalue weighted by atomic mass is 32.2. The van der Waals surface area contributed by atoms with E-state index in [1.807, 2.05) is 42.7 Å². The SMILES string of the molecule is Cc1ccc(S(=O)(=O)OCC(CO)Cc2ccc(C)n2-c2ccc(C#N)cc2)cc1. The van der Waals surface area contributed by atoms with Crippen LogP contribution in [0.1, 0.15) is 22.5 Å². The first kappa shape index (κ1) is 21.8. The molecule has 0 aliphatic carbocycles. The Morgan fingerprint density at radius 3 is 2.30 bits per heavy atom. The van der Waals surface area contributed by atoms with Crippen LogP contribution in [0.15, 0.2) is 65.6 Å². The standard InChI is InChI=1S/C23H24N2O4S/c1-17-3-11-23(12-4-17)30(27,28)29-16-20(15-26)13-22-8-5-18(2)25(22)21-9-6-19(14-24)7-10-21/h3-12,20,26H,13,15-16H2,1-2H3. The Labute approximate surface area is 177 Å². The molecule has 0 radical (unpaired) electrons. The lowest BCUT2D eigenvalue weighted by Gasteiger charge is -2.17. The molecule has 3 aromatic rings. The second-order valence-corrected chi connectivity index (χ2v) is 8.88. The summed E-state index contributed by atoms with van der Waals surface area (Å²) in [6.45, 7) is 3.52. The van der Waals surface area contributed by atoms with Gasteiger partial charge in [0.1, 0.15) is 0 Å². The zero-order valence-corrected chi connectivity index (χ0v) is 17.8. The fraction of sp³-hybridized carbons (Fsp3) is 0.261. The van der Waals surface area contributed by atoms with Gasteiger partial charge in [-0.25, -0.2) is 0 Å². The van der Waals surface area contributed by atoms with E-state index in [1.54, 1.807) is 24.3 Å². The number of aromatic nitrogens is 1. The molecule has 0 saturated heterocycles. The third-order valence-corrected chi connectivity index (χ3v) is 6.23. The highest BCUT2D eigenvalue weighted by Crippen LogP contribution is 2.21. The van der Waals surface area contributed by atoms with Crippen LogP contribution in [0.5, 0.6) is 0 Å². The van der Waals surface area contributed by atoms with Gasteiger partial charge in [0, 0.05) is 29.6 Å². The molecule has 1 atom stereocenters. The van der Waals surface area contributed by atoms with E-state index in [0.717, 1.165) is 22.6 Å². The molecule has 1 N–H and O–H groups in total. The summed E-state index contributed by atoms with van der Waals surface area (Å²) in [5, 5.41) is 18.8. The molecule has 1 heterocycles. The van der Waals surface area contributed by atoms with Crippen LogP contribution in [0.4, 0.5) is 0 Å². The summed E-state index contributed by atoms with van der Waals surface area (Å²) >= 11 is 0. The number of hydrogen-bond donors (Lipinski definition) is 1. The maximum absolute atomic E-state index is 12.4. The zero-order chi connectivity index (χ0) is 21.7. The van der Waals surface area contributed by atoms with Crippen molar-refractivity contribution >= 4 is 10.1 Å². The Morgan fingerprint density at radius 2 is 1.70 bits per heavy atom. The first-order valence-electron chi connectivity index (χ1n) is 9.59. The third-order valence-electron chi connectivity index (χ3n) is 4.94. The van der Waals surface area contributed by atoms with Gasteiger partial charge < -0.3 is 9.67 Å². The summed E-state index contributed by atoms with van der Waals surface area (Å²) in [6.07, 6.45) is 0.438. The summed E-state index contributed by atoms with van der Waals surface area (Å²) in [5.74, 6) is -0.392. The number of nitrogens with zero attached hydrogens (tertiary/aromatic N) is 2.